The lowest BCUT2D eigenvalue weighted by Gasteiger charge is -2.34. The monoisotopic (exact) mass is 257 g/mol. The first-order chi connectivity index (χ1) is 8.22. The Morgan fingerprint density at radius 3 is 2.17 bits per heavy atom. The summed E-state index contributed by atoms with van der Waals surface area (Å²) in [5, 5.41) is 9.11. The second kappa shape index (κ2) is 5.59. The number of carboxylic acid groups (broad SMARTS) is 1. The van der Waals surface area contributed by atoms with E-state index < -0.39 is 23.7 Å². The fraction of sp³-hybridized carbons (Fsp3) is 0.846. The summed E-state index contributed by atoms with van der Waals surface area (Å²) in [5.41, 5.74) is -0.605. The standard InChI is InChI=1S/C13H23NO4/c1-9(11(15)16)14(10-7-5-6-8-10)12(17)18-13(2,3)4/h9-10H,5-8H2,1-4H3,(H,15,16)/t9-/m0/s1. The van der Waals surface area contributed by atoms with Gasteiger partial charge in [-0.1, -0.05) is 12.8 Å². The SMILES string of the molecule is C[C@@H](C(=O)O)N(C(=O)OC(C)(C)C)C1CCCC1. The van der Waals surface area contributed by atoms with Crippen molar-refractivity contribution in [3.63, 3.8) is 0 Å². The summed E-state index contributed by atoms with van der Waals surface area (Å²) in [6, 6.07) is -0.853. The van der Waals surface area contributed by atoms with Crippen LogP contribution in [0.4, 0.5) is 4.79 Å². The molecule has 0 spiro atoms. The highest BCUT2D eigenvalue weighted by Crippen LogP contribution is 2.27. The minimum absolute atomic E-state index is 0.00838. The fourth-order valence-corrected chi connectivity index (χ4v) is 2.24. The Labute approximate surface area is 108 Å². The van der Waals surface area contributed by atoms with Gasteiger partial charge in [0.1, 0.15) is 11.6 Å². The van der Waals surface area contributed by atoms with Crippen molar-refractivity contribution >= 4 is 12.1 Å². The van der Waals surface area contributed by atoms with Gasteiger partial charge in [0.25, 0.3) is 0 Å². The van der Waals surface area contributed by atoms with Gasteiger partial charge >= 0.3 is 12.1 Å². The summed E-state index contributed by atoms with van der Waals surface area (Å²) in [6.07, 6.45) is 3.27. The van der Waals surface area contributed by atoms with Gasteiger partial charge in [-0.2, -0.15) is 0 Å². The second-order valence-corrected chi connectivity index (χ2v) is 5.84. The predicted molar refractivity (Wildman–Crippen MR) is 67.4 cm³/mol. The third-order valence-electron chi connectivity index (χ3n) is 3.10. The summed E-state index contributed by atoms with van der Waals surface area (Å²) in [7, 11) is 0. The minimum Gasteiger partial charge on any atom is -0.480 e. The normalized spacial score (nSPS) is 18.4. The van der Waals surface area contributed by atoms with E-state index in [-0.39, 0.29) is 6.04 Å². The maximum atomic E-state index is 12.1. The van der Waals surface area contributed by atoms with Gasteiger partial charge in [-0.15, -0.1) is 0 Å². The highest BCUT2D eigenvalue weighted by Gasteiger charge is 2.36. The molecule has 1 rings (SSSR count). The van der Waals surface area contributed by atoms with E-state index in [0.717, 1.165) is 25.7 Å². The summed E-state index contributed by atoms with van der Waals surface area (Å²) < 4.78 is 5.31. The van der Waals surface area contributed by atoms with Crippen LogP contribution in [-0.4, -0.2) is 39.8 Å². The van der Waals surface area contributed by atoms with Crippen LogP contribution in [-0.2, 0) is 9.53 Å². The van der Waals surface area contributed by atoms with Crippen molar-refractivity contribution in [2.45, 2.75) is 71.1 Å². The molecular formula is C13H23NO4. The molecule has 104 valence electrons. The van der Waals surface area contributed by atoms with E-state index in [1.54, 1.807) is 20.8 Å². The highest BCUT2D eigenvalue weighted by atomic mass is 16.6. The number of amides is 1. The van der Waals surface area contributed by atoms with E-state index in [2.05, 4.69) is 0 Å². The number of hydrogen-bond donors (Lipinski definition) is 1. The quantitative estimate of drug-likeness (QED) is 0.844. The van der Waals surface area contributed by atoms with Crippen LogP contribution in [0.25, 0.3) is 0 Å². The third-order valence-corrected chi connectivity index (χ3v) is 3.10. The van der Waals surface area contributed by atoms with Crippen LogP contribution < -0.4 is 0 Å². The maximum absolute atomic E-state index is 12.1. The van der Waals surface area contributed by atoms with Crippen molar-refractivity contribution in [1.82, 2.24) is 4.90 Å². The minimum atomic E-state index is -0.993. The molecule has 0 aromatic carbocycles. The predicted octanol–water partition coefficient (Wildman–Crippen LogP) is 2.64. The molecular weight excluding hydrogens is 234 g/mol. The highest BCUT2D eigenvalue weighted by molar-refractivity contribution is 5.80. The Balaban J connectivity index is 2.82. The number of carbonyl (C=O) groups is 2. The van der Waals surface area contributed by atoms with Gasteiger partial charge in [-0.3, -0.25) is 4.90 Å². The topological polar surface area (TPSA) is 66.8 Å². The van der Waals surface area contributed by atoms with E-state index in [4.69, 9.17) is 9.84 Å². The Hall–Kier alpha value is -1.26. The first-order valence-electron chi connectivity index (χ1n) is 6.46. The van der Waals surface area contributed by atoms with Gasteiger partial charge in [-0.05, 0) is 40.5 Å². The smallest absolute Gasteiger partial charge is 0.411 e. The zero-order valence-electron chi connectivity index (χ0n) is 11.6. The Kier molecular flexibility index (Phi) is 4.59. The number of aliphatic carboxylic acids is 1. The van der Waals surface area contributed by atoms with Crippen LogP contribution in [0.5, 0.6) is 0 Å². The molecule has 1 aliphatic rings. The molecule has 0 unspecified atom stereocenters. The number of hydrogen-bond acceptors (Lipinski definition) is 3. The Morgan fingerprint density at radius 2 is 1.78 bits per heavy atom. The van der Waals surface area contributed by atoms with E-state index in [1.165, 1.54) is 11.8 Å². The van der Waals surface area contributed by atoms with Crippen molar-refractivity contribution in [2.75, 3.05) is 0 Å². The zero-order valence-corrected chi connectivity index (χ0v) is 11.6. The molecule has 1 aliphatic carbocycles. The van der Waals surface area contributed by atoms with Crippen molar-refractivity contribution in [3.05, 3.63) is 0 Å². The van der Waals surface area contributed by atoms with E-state index >= 15 is 0 Å². The molecule has 0 aromatic heterocycles. The molecule has 0 saturated heterocycles. The number of ether oxygens (including phenoxy) is 1. The molecule has 0 aliphatic heterocycles. The molecule has 1 fully saturated rings. The fourth-order valence-electron chi connectivity index (χ4n) is 2.24. The summed E-state index contributed by atoms with van der Waals surface area (Å²) in [5.74, 6) is -0.993. The molecule has 5 heteroatoms. The van der Waals surface area contributed by atoms with E-state index in [9.17, 15) is 9.59 Å². The number of rotatable bonds is 3. The van der Waals surface area contributed by atoms with Crippen LogP contribution >= 0.6 is 0 Å². The molecule has 0 heterocycles. The first kappa shape index (κ1) is 14.8. The molecule has 18 heavy (non-hydrogen) atoms. The average Bonchev–Trinajstić information content (AvgIpc) is 2.67. The first-order valence-corrected chi connectivity index (χ1v) is 6.46. The van der Waals surface area contributed by atoms with Gasteiger partial charge < -0.3 is 9.84 Å². The number of carbonyl (C=O) groups excluding carboxylic acids is 1. The lowest BCUT2D eigenvalue weighted by atomic mass is 10.1. The molecule has 0 radical (unpaired) electrons. The van der Waals surface area contributed by atoms with Crippen molar-refractivity contribution in [1.29, 1.82) is 0 Å². The third kappa shape index (κ3) is 3.89. The van der Waals surface area contributed by atoms with Gasteiger partial charge in [0.15, 0.2) is 0 Å². The Bertz CT molecular complexity index is 315. The molecule has 1 N–H and O–H groups in total. The average molecular weight is 257 g/mol. The van der Waals surface area contributed by atoms with Gasteiger partial charge in [0.05, 0.1) is 0 Å². The molecule has 0 aromatic rings. The second-order valence-electron chi connectivity index (χ2n) is 5.84. The largest absolute Gasteiger partial charge is 0.480 e. The molecule has 0 bridgehead atoms. The van der Waals surface area contributed by atoms with Crippen LogP contribution in [0.15, 0.2) is 0 Å². The van der Waals surface area contributed by atoms with E-state index in [0.29, 0.717) is 0 Å². The molecule has 1 amide bonds. The summed E-state index contributed by atoms with van der Waals surface area (Å²) >= 11 is 0. The lowest BCUT2D eigenvalue weighted by molar-refractivity contribution is -0.143. The van der Waals surface area contributed by atoms with Gasteiger partial charge in [0, 0.05) is 6.04 Å². The van der Waals surface area contributed by atoms with Crippen LogP contribution in [0.3, 0.4) is 0 Å². The van der Waals surface area contributed by atoms with Crippen LogP contribution in [0, 0.1) is 0 Å². The van der Waals surface area contributed by atoms with Gasteiger partial charge in [-0.25, -0.2) is 9.59 Å². The lowest BCUT2D eigenvalue weighted by Crippen LogP contribution is -2.50. The maximum Gasteiger partial charge on any atom is 0.411 e. The number of nitrogens with zero attached hydrogens (tertiary/aromatic N) is 1. The van der Waals surface area contributed by atoms with Crippen LogP contribution in [0.2, 0.25) is 0 Å². The molecule has 5 nitrogen and oxygen atoms in total. The Morgan fingerprint density at radius 1 is 1.28 bits per heavy atom. The van der Waals surface area contributed by atoms with Gasteiger partial charge in [0.2, 0.25) is 0 Å². The molecule has 1 saturated carbocycles. The van der Waals surface area contributed by atoms with E-state index in [1.807, 2.05) is 0 Å². The molecule has 1 atom stereocenters. The van der Waals surface area contributed by atoms with Crippen LogP contribution in [0.1, 0.15) is 53.4 Å². The van der Waals surface area contributed by atoms with Crippen molar-refractivity contribution < 1.29 is 19.4 Å². The number of carboxylic acids is 1. The van der Waals surface area contributed by atoms with Crippen molar-refractivity contribution in [3.8, 4) is 0 Å². The zero-order chi connectivity index (χ0) is 13.9. The summed E-state index contributed by atoms with van der Waals surface area (Å²) in [4.78, 5) is 24.6. The van der Waals surface area contributed by atoms with Crippen molar-refractivity contribution in [2.24, 2.45) is 0 Å². The summed E-state index contributed by atoms with van der Waals surface area (Å²) in [6.45, 7) is 6.88.